The fourth-order valence-electron chi connectivity index (χ4n) is 3.53. The number of nitrogens with one attached hydrogen (secondary N) is 2. The summed E-state index contributed by atoms with van der Waals surface area (Å²) < 4.78 is 11.5. The van der Waals surface area contributed by atoms with Crippen LogP contribution in [0.2, 0.25) is 0 Å². The van der Waals surface area contributed by atoms with E-state index >= 15 is 0 Å². The van der Waals surface area contributed by atoms with Crippen molar-refractivity contribution in [2.75, 3.05) is 12.5 Å². The molecule has 0 radical (unpaired) electrons. The van der Waals surface area contributed by atoms with Crippen LogP contribution in [-0.4, -0.2) is 17.1 Å². The highest BCUT2D eigenvalue weighted by Gasteiger charge is 2.09. The van der Waals surface area contributed by atoms with Crippen LogP contribution >= 0.6 is 0 Å². The molecule has 0 bridgehead atoms. The van der Waals surface area contributed by atoms with Crippen molar-refractivity contribution in [2.45, 2.75) is 13.8 Å². The fraction of sp³-hybridized carbons (Fsp3) is 0.120. The summed E-state index contributed by atoms with van der Waals surface area (Å²) in [5.41, 5.74) is 8.99. The molecule has 5 rings (SSSR count). The van der Waals surface area contributed by atoms with Crippen molar-refractivity contribution in [2.24, 2.45) is 5.10 Å². The first-order chi connectivity index (χ1) is 15.1. The number of hydrogen-bond donors (Lipinski definition) is 2. The number of hydrogen-bond acceptors (Lipinski definition) is 5. The van der Waals surface area contributed by atoms with Gasteiger partial charge in [0.1, 0.15) is 17.1 Å². The summed E-state index contributed by atoms with van der Waals surface area (Å²) in [5.74, 6) is 2.11. The molecule has 3 aromatic carbocycles. The molecular formula is C25H22N4O2. The van der Waals surface area contributed by atoms with E-state index in [0.717, 1.165) is 44.4 Å². The first-order valence-corrected chi connectivity index (χ1v) is 10.0. The molecule has 0 saturated heterocycles. The van der Waals surface area contributed by atoms with Gasteiger partial charge in [-0.05, 0) is 73.5 Å². The largest absolute Gasteiger partial charge is 0.497 e. The monoisotopic (exact) mass is 410 g/mol. The zero-order valence-corrected chi connectivity index (χ0v) is 17.6. The van der Waals surface area contributed by atoms with E-state index in [1.807, 2.05) is 54.6 Å². The van der Waals surface area contributed by atoms with E-state index in [9.17, 15) is 0 Å². The van der Waals surface area contributed by atoms with Gasteiger partial charge in [0.25, 0.3) is 0 Å². The van der Waals surface area contributed by atoms with Gasteiger partial charge in [-0.2, -0.15) is 5.10 Å². The summed E-state index contributed by atoms with van der Waals surface area (Å²) in [4.78, 5) is 7.78. The Morgan fingerprint density at radius 1 is 0.968 bits per heavy atom. The van der Waals surface area contributed by atoms with E-state index in [-0.39, 0.29) is 0 Å². The molecule has 0 spiro atoms. The Morgan fingerprint density at radius 3 is 2.52 bits per heavy atom. The number of ether oxygens (including phenoxy) is 1. The van der Waals surface area contributed by atoms with E-state index in [1.54, 1.807) is 7.11 Å². The number of para-hydroxylation sites is 2. The maximum atomic E-state index is 6.25. The molecule has 0 saturated carbocycles. The van der Waals surface area contributed by atoms with Crippen LogP contribution in [0.1, 0.15) is 11.1 Å². The molecule has 0 aliphatic heterocycles. The van der Waals surface area contributed by atoms with Crippen molar-refractivity contribution < 1.29 is 9.15 Å². The maximum absolute atomic E-state index is 6.25. The summed E-state index contributed by atoms with van der Waals surface area (Å²) >= 11 is 0. The number of H-pyrrole nitrogens is 1. The van der Waals surface area contributed by atoms with Gasteiger partial charge in [0.05, 0.1) is 23.5 Å². The number of aromatic nitrogens is 2. The summed E-state index contributed by atoms with van der Waals surface area (Å²) in [6.45, 7) is 4.16. The predicted octanol–water partition coefficient (Wildman–Crippen LogP) is 5.53. The quantitative estimate of drug-likeness (QED) is 0.382. The second-order valence-corrected chi connectivity index (χ2v) is 7.48. The lowest BCUT2D eigenvalue weighted by molar-refractivity contribution is 0.415. The van der Waals surface area contributed by atoms with Gasteiger partial charge in [0, 0.05) is 17.0 Å². The third kappa shape index (κ3) is 3.64. The molecular weight excluding hydrogens is 388 g/mol. The number of methoxy groups -OCH3 is 1. The van der Waals surface area contributed by atoms with E-state index in [1.165, 1.54) is 11.1 Å². The second-order valence-electron chi connectivity index (χ2n) is 7.48. The summed E-state index contributed by atoms with van der Waals surface area (Å²) in [6.07, 6.45) is 0. The SMILES string of the molecule is COc1ccc(-c2c/c(=N\Nc3nc4ccccc4[nH]3)c3cc(C)c(C)cc3o2)cc1. The second kappa shape index (κ2) is 7.65. The molecule has 0 aliphatic rings. The molecule has 0 atom stereocenters. The highest BCUT2D eigenvalue weighted by atomic mass is 16.5. The average Bonchev–Trinajstić information content (AvgIpc) is 3.21. The number of benzene rings is 3. The number of nitrogens with zero attached hydrogens (tertiary/aromatic N) is 2. The topological polar surface area (TPSA) is 75.4 Å². The minimum Gasteiger partial charge on any atom is -0.497 e. The van der Waals surface area contributed by atoms with Crippen LogP contribution in [0.4, 0.5) is 5.95 Å². The Balaban J connectivity index is 1.64. The van der Waals surface area contributed by atoms with Crippen LogP contribution < -0.4 is 15.5 Å². The van der Waals surface area contributed by atoms with Crippen molar-refractivity contribution in [3.8, 4) is 17.1 Å². The molecule has 31 heavy (non-hydrogen) atoms. The smallest absolute Gasteiger partial charge is 0.222 e. The van der Waals surface area contributed by atoms with Gasteiger partial charge in [0.15, 0.2) is 0 Å². The van der Waals surface area contributed by atoms with Crippen molar-refractivity contribution in [1.82, 2.24) is 9.97 Å². The third-order valence-electron chi connectivity index (χ3n) is 5.41. The van der Waals surface area contributed by atoms with Gasteiger partial charge < -0.3 is 14.1 Å². The Bertz CT molecular complexity index is 1430. The van der Waals surface area contributed by atoms with Gasteiger partial charge in [-0.25, -0.2) is 10.4 Å². The van der Waals surface area contributed by atoms with Crippen LogP contribution in [0.15, 0.2) is 76.2 Å². The first-order valence-electron chi connectivity index (χ1n) is 10.0. The van der Waals surface area contributed by atoms with Gasteiger partial charge in [-0.3, -0.25) is 0 Å². The van der Waals surface area contributed by atoms with Crippen LogP contribution in [0.25, 0.3) is 33.3 Å². The number of aromatic amines is 1. The molecule has 0 amide bonds. The zero-order valence-electron chi connectivity index (χ0n) is 17.6. The van der Waals surface area contributed by atoms with Crippen molar-refractivity contribution in [1.29, 1.82) is 0 Å². The van der Waals surface area contributed by atoms with Crippen molar-refractivity contribution in [3.63, 3.8) is 0 Å². The molecule has 0 fully saturated rings. The lowest BCUT2D eigenvalue weighted by Gasteiger charge is -2.08. The minimum absolute atomic E-state index is 0.588. The number of fused-ring (bicyclic) bond motifs is 2. The highest BCUT2D eigenvalue weighted by Crippen LogP contribution is 2.26. The lowest BCUT2D eigenvalue weighted by atomic mass is 10.1. The Morgan fingerprint density at radius 2 is 1.74 bits per heavy atom. The van der Waals surface area contributed by atoms with Crippen molar-refractivity contribution in [3.05, 3.63) is 83.2 Å². The minimum atomic E-state index is 0.588. The average molecular weight is 410 g/mol. The van der Waals surface area contributed by atoms with Gasteiger partial charge in [-0.15, -0.1) is 0 Å². The van der Waals surface area contributed by atoms with E-state index in [2.05, 4.69) is 46.5 Å². The molecule has 154 valence electrons. The fourth-order valence-corrected chi connectivity index (χ4v) is 3.53. The highest BCUT2D eigenvalue weighted by molar-refractivity contribution is 5.80. The summed E-state index contributed by atoms with van der Waals surface area (Å²) in [5, 5.41) is 6.37. The Hall–Kier alpha value is -4.06. The summed E-state index contributed by atoms with van der Waals surface area (Å²) in [7, 11) is 1.65. The van der Waals surface area contributed by atoms with Crippen LogP contribution in [-0.2, 0) is 0 Å². The molecule has 5 aromatic rings. The van der Waals surface area contributed by atoms with E-state index in [4.69, 9.17) is 9.15 Å². The van der Waals surface area contributed by atoms with Gasteiger partial charge >= 0.3 is 0 Å². The molecule has 2 heterocycles. The molecule has 6 nitrogen and oxygen atoms in total. The zero-order chi connectivity index (χ0) is 21.4. The third-order valence-corrected chi connectivity index (χ3v) is 5.41. The van der Waals surface area contributed by atoms with Gasteiger partial charge in [0.2, 0.25) is 5.95 Å². The number of rotatable bonds is 4. The van der Waals surface area contributed by atoms with Crippen LogP contribution in [0, 0.1) is 13.8 Å². The number of anilines is 1. The molecule has 2 aromatic heterocycles. The molecule has 6 heteroatoms. The normalized spacial score (nSPS) is 11.9. The Labute approximate surface area is 179 Å². The predicted molar refractivity (Wildman–Crippen MR) is 123 cm³/mol. The standard InChI is InChI=1S/C25H22N4O2/c1-15-12-19-22(28-29-25-26-20-6-4-5-7-21(20)27-25)14-23(31-24(19)13-16(15)2)17-8-10-18(30-3)11-9-17/h4-14H,1-3H3,(H2,26,27,29)/b28-22+. The van der Waals surface area contributed by atoms with Crippen LogP contribution in [0.5, 0.6) is 5.75 Å². The van der Waals surface area contributed by atoms with Gasteiger partial charge in [-0.1, -0.05) is 12.1 Å². The number of imidazole rings is 1. The Kier molecular flexibility index (Phi) is 4.67. The number of aryl methyl sites for hydroxylation is 2. The molecule has 0 aliphatic carbocycles. The molecule has 2 N–H and O–H groups in total. The molecule has 0 unspecified atom stereocenters. The first kappa shape index (κ1) is 18.9. The lowest BCUT2D eigenvalue weighted by Crippen LogP contribution is -2.08. The van der Waals surface area contributed by atoms with Crippen molar-refractivity contribution >= 4 is 28.0 Å². The summed E-state index contributed by atoms with van der Waals surface area (Å²) in [6, 6.07) is 21.7. The van der Waals surface area contributed by atoms with E-state index < -0.39 is 0 Å². The maximum Gasteiger partial charge on any atom is 0.222 e. The van der Waals surface area contributed by atoms with E-state index in [0.29, 0.717) is 5.95 Å². The van der Waals surface area contributed by atoms with Crippen LogP contribution in [0.3, 0.4) is 0 Å².